The third-order valence-corrected chi connectivity index (χ3v) is 2.28. The Balaban J connectivity index is 2.57. The Bertz CT molecular complexity index is 383. The molecular weight excluding hydrogens is 184 g/mol. The lowest BCUT2D eigenvalue weighted by atomic mass is 9.94. The fourth-order valence-electron chi connectivity index (χ4n) is 1.51. The lowest BCUT2D eigenvalue weighted by molar-refractivity contribution is -0.220. The van der Waals surface area contributed by atoms with Crippen LogP contribution in [-0.2, 0) is 4.74 Å². The molecule has 1 heterocycles. The summed E-state index contributed by atoms with van der Waals surface area (Å²) in [7, 11) is 0. The summed E-state index contributed by atoms with van der Waals surface area (Å²) >= 11 is 0. The smallest absolute Gasteiger partial charge is 0.341 e. The van der Waals surface area contributed by atoms with Crippen LogP contribution in [-0.4, -0.2) is 22.0 Å². The number of hydrogen-bond acceptors (Lipinski definition) is 4. The van der Waals surface area contributed by atoms with Gasteiger partial charge in [0.25, 0.3) is 0 Å². The summed E-state index contributed by atoms with van der Waals surface area (Å²) in [4.78, 5) is 11.4. The van der Waals surface area contributed by atoms with Gasteiger partial charge in [-0.15, -0.1) is 0 Å². The molecule has 1 aliphatic heterocycles. The zero-order valence-electron chi connectivity index (χ0n) is 7.60. The molecule has 0 aromatic heterocycles. The van der Waals surface area contributed by atoms with Crippen LogP contribution in [0.15, 0.2) is 24.3 Å². The quantitative estimate of drug-likeness (QED) is 0.593. The molecule has 4 heteroatoms. The summed E-state index contributed by atoms with van der Waals surface area (Å²) in [6.45, 7) is 1.26. The summed E-state index contributed by atoms with van der Waals surface area (Å²) in [6, 6.07) is 6.51. The summed E-state index contributed by atoms with van der Waals surface area (Å²) in [5.74, 6) is -2.46. The van der Waals surface area contributed by atoms with Crippen molar-refractivity contribution in [3.8, 4) is 0 Å². The molecule has 1 aromatic rings. The van der Waals surface area contributed by atoms with Crippen LogP contribution >= 0.6 is 0 Å². The van der Waals surface area contributed by atoms with E-state index in [1.807, 2.05) is 0 Å². The van der Waals surface area contributed by atoms with Crippen molar-refractivity contribution in [2.75, 3.05) is 0 Å². The zero-order valence-corrected chi connectivity index (χ0v) is 7.60. The first kappa shape index (κ1) is 9.18. The molecule has 0 spiro atoms. The molecule has 2 atom stereocenters. The van der Waals surface area contributed by atoms with Crippen molar-refractivity contribution < 1.29 is 19.7 Å². The van der Waals surface area contributed by atoms with E-state index in [2.05, 4.69) is 4.74 Å². The highest BCUT2D eigenvalue weighted by atomic mass is 16.7. The van der Waals surface area contributed by atoms with Crippen molar-refractivity contribution >= 4 is 5.97 Å². The average Bonchev–Trinajstić information content (AvgIpc) is 2.14. The van der Waals surface area contributed by atoms with Crippen LogP contribution in [0.2, 0.25) is 0 Å². The first-order valence-corrected chi connectivity index (χ1v) is 4.25. The third kappa shape index (κ3) is 1.20. The van der Waals surface area contributed by atoms with E-state index >= 15 is 0 Å². The van der Waals surface area contributed by atoms with E-state index < -0.39 is 17.9 Å². The first-order valence-electron chi connectivity index (χ1n) is 4.25. The van der Waals surface area contributed by atoms with Gasteiger partial charge in [-0.1, -0.05) is 18.2 Å². The maximum Gasteiger partial charge on any atom is 0.341 e. The third-order valence-electron chi connectivity index (χ3n) is 2.28. The summed E-state index contributed by atoms with van der Waals surface area (Å²) < 4.78 is 4.68. The van der Waals surface area contributed by atoms with Crippen LogP contribution in [0.1, 0.15) is 28.9 Å². The Morgan fingerprint density at radius 3 is 2.79 bits per heavy atom. The Morgan fingerprint density at radius 2 is 2.07 bits per heavy atom. The fourth-order valence-corrected chi connectivity index (χ4v) is 1.51. The Hall–Kier alpha value is -1.39. The van der Waals surface area contributed by atoms with Gasteiger partial charge in [-0.3, -0.25) is 0 Å². The molecule has 0 bridgehead atoms. The number of cyclic esters (lactones) is 1. The number of benzene rings is 1. The van der Waals surface area contributed by atoms with E-state index in [0.717, 1.165) is 0 Å². The number of rotatable bonds is 0. The van der Waals surface area contributed by atoms with Gasteiger partial charge in [0.2, 0.25) is 5.79 Å². The molecule has 0 saturated carbocycles. The topological polar surface area (TPSA) is 66.8 Å². The van der Waals surface area contributed by atoms with Crippen LogP contribution in [0.5, 0.6) is 0 Å². The van der Waals surface area contributed by atoms with Crippen molar-refractivity contribution in [3.05, 3.63) is 35.4 Å². The molecule has 2 N–H and O–H groups in total. The standard InChI is InChI=1S/C10H10O4/c1-10(13)8(11)6-4-2-3-5-7(6)9(12)14-10/h2-5,8,11,13H,1H3. The Labute approximate surface area is 80.7 Å². The van der Waals surface area contributed by atoms with Gasteiger partial charge in [0.1, 0.15) is 6.10 Å². The molecule has 0 radical (unpaired) electrons. The van der Waals surface area contributed by atoms with E-state index in [1.54, 1.807) is 24.3 Å². The van der Waals surface area contributed by atoms with Gasteiger partial charge in [-0.2, -0.15) is 0 Å². The van der Waals surface area contributed by atoms with Crippen LogP contribution in [0.3, 0.4) is 0 Å². The molecule has 2 rings (SSSR count). The van der Waals surface area contributed by atoms with Crippen LogP contribution in [0.25, 0.3) is 0 Å². The van der Waals surface area contributed by atoms with Gasteiger partial charge >= 0.3 is 5.97 Å². The van der Waals surface area contributed by atoms with E-state index in [1.165, 1.54) is 6.92 Å². The maximum absolute atomic E-state index is 11.4. The van der Waals surface area contributed by atoms with Crippen molar-refractivity contribution in [1.82, 2.24) is 0 Å². The fraction of sp³-hybridized carbons (Fsp3) is 0.300. The first-order chi connectivity index (χ1) is 6.52. The molecule has 2 unspecified atom stereocenters. The molecular formula is C10H10O4. The van der Waals surface area contributed by atoms with Crippen LogP contribution in [0, 0.1) is 0 Å². The lowest BCUT2D eigenvalue weighted by Gasteiger charge is -2.33. The molecule has 14 heavy (non-hydrogen) atoms. The molecule has 0 saturated heterocycles. The highest BCUT2D eigenvalue weighted by Crippen LogP contribution is 2.34. The predicted octanol–water partition coefficient (Wildman–Crippen LogP) is 0.599. The normalized spacial score (nSPS) is 30.8. The van der Waals surface area contributed by atoms with E-state index in [0.29, 0.717) is 11.1 Å². The number of carbonyl (C=O) groups excluding carboxylic acids is 1. The van der Waals surface area contributed by atoms with E-state index in [9.17, 15) is 15.0 Å². The van der Waals surface area contributed by atoms with Crippen molar-refractivity contribution in [2.45, 2.75) is 18.8 Å². The molecule has 1 aromatic carbocycles. The minimum atomic E-state index is -1.84. The van der Waals surface area contributed by atoms with E-state index in [-0.39, 0.29) is 0 Å². The van der Waals surface area contributed by atoms with Crippen molar-refractivity contribution in [2.24, 2.45) is 0 Å². The molecule has 0 fully saturated rings. The highest BCUT2D eigenvalue weighted by Gasteiger charge is 2.42. The van der Waals surface area contributed by atoms with Gasteiger partial charge in [-0.05, 0) is 6.07 Å². The van der Waals surface area contributed by atoms with Crippen LogP contribution in [0.4, 0.5) is 0 Å². The molecule has 1 aliphatic rings. The SMILES string of the molecule is CC1(O)OC(=O)c2ccccc2C1O. The molecule has 0 aliphatic carbocycles. The van der Waals surface area contributed by atoms with Gasteiger partial charge < -0.3 is 14.9 Å². The number of ether oxygens (including phenoxy) is 1. The number of aliphatic hydroxyl groups excluding tert-OH is 1. The largest absolute Gasteiger partial charge is 0.427 e. The predicted molar refractivity (Wildman–Crippen MR) is 47.4 cm³/mol. The molecule has 74 valence electrons. The Morgan fingerprint density at radius 1 is 1.43 bits per heavy atom. The minimum Gasteiger partial charge on any atom is -0.427 e. The number of aliphatic hydroxyl groups is 2. The highest BCUT2D eigenvalue weighted by molar-refractivity contribution is 5.92. The maximum atomic E-state index is 11.4. The zero-order chi connectivity index (χ0) is 10.3. The number of esters is 1. The summed E-state index contributed by atoms with van der Waals surface area (Å²) in [5, 5.41) is 19.2. The summed E-state index contributed by atoms with van der Waals surface area (Å²) in [5.41, 5.74) is 0.695. The number of hydrogen-bond donors (Lipinski definition) is 2. The van der Waals surface area contributed by atoms with Gasteiger partial charge in [0.05, 0.1) is 5.56 Å². The second-order valence-electron chi connectivity index (χ2n) is 3.43. The van der Waals surface area contributed by atoms with Gasteiger partial charge in [0, 0.05) is 12.5 Å². The molecule has 4 nitrogen and oxygen atoms in total. The minimum absolute atomic E-state index is 0.298. The van der Waals surface area contributed by atoms with Crippen molar-refractivity contribution in [1.29, 1.82) is 0 Å². The number of fused-ring (bicyclic) bond motifs is 1. The van der Waals surface area contributed by atoms with Gasteiger partial charge in [-0.25, -0.2) is 4.79 Å². The average molecular weight is 194 g/mol. The Kier molecular flexibility index (Phi) is 1.83. The van der Waals surface area contributed by atoms with Crippen LogP contribution < -0.4 is 0 Å². The van der Waals surface area contributed by atoms with Gasteiger partial charge in [0.15, 0.2) is 0 Å². The lowest BCUT2D eigenvalue weighted by Crippen LogP contribution is -2.42. The monoisotopic (exact) mass is 194 g/mol. The van der Waals surface area contributed by atoms with Crippen molar-refractivity contribution in [3.63, 3.8) is 0 Å². The molecule has 0 amide bonds. The number of carbonyl (C=O) groups is 1. The second kappa shape index (κ2) is 2.80. The van der Waals surface area contributed by atoms with E-state index in [4.69, 9.17) is 0 Å². The second-order valence-corrected chi connectivity index (χ2v) is 3.43. The summed E-state index contributed by atoms with van der Waals surface area (Å²) in [6.07, 6.45) is -1.20.